The number of carbonyl (C=O) groups excluding carboxylic acids is 1. The van der Waals surface area contributed by atoms with Gasteiger partial charge in [0.15, 0.2) is 5.03 Å². The lowest BCUT2D eigenvalue weighted by atomic mass is 10.0. The number of aromatic nitrogens is 4. The molecule has 1 aromatic carbocycles. The van der Waals surface area contributed by atoms with Gasteiger partial charge in [-0.05, 0) is 58.7 Å². The summed E-state index contributed by atoms with van der Waals surface area (Å²) in [4.78, 5) is 26.8. The number of amides is 1. The molecule has 2 atom stereocenters. The first-order valence-electron chi connectivity index (χ1n) is 12.3. The van der Waals surface area contributed by atoms with E-state index >= 15 is 0 Å². The fourth-order valence-electron chi connectivity index (χ4n) is 4.88. The highest BCUT2D eigenvalue weighted by atomic mass is 32.2. The number of imidazole rings is 1. The second kappa shape index (κ2) is 9.14. The van der Waals surface area contributed by atoms with Crippen molar-refractivity contribution in [2.75, 3.05) is 13.1 Å². The summed E-state index contributed by atoms with van der Waals surface area (Å²) in [5.74, 6) is 0.325. The Kier molecular flexibility index (Phi) is 6.23. The van der Waals surface area contributed by atoms with Crippen LogP contribution in [0.25, 0.3) is 22.1 Å². The third kappa shape index (κ3) is 4.57. The molecule has 10 nitrogen and oxygen atoms in total. The van der Waals surface area contributed by atoms with Crippen LogP contribution >= 0.6 is 0 Å². The molecular weight excluding hydrogens is 494 g/mol. The van der Waals surface area contributed by atoms with Gasteiger partial charge in [-0.1, -0.05) is 18.2 Å². The number of likely N-dealkylation sites (tertiary alicyclic amines) is 1. The molecule has 37 heavy (non-hydrogen) atoms. The van der Waals surface area contributed by atoms with E-state index in [4.69, 9.17) is 4.74 Å². The molecule has 4 aromatic rings. The summed E-state index contributed by atoms with van der Waals surface area (Å²) >= 11 is 0. The maximum atomic E-state index is 13.7. The van der Waals surface area contributed by atoms with Gasteiger partial charge in [0.05, 0.1) is 16.5 Å². The second-order valence-electron chi connectivity index (χ2n) is 10.4. The van der Waals surface area contributed by atoms with Crippen LogP contribution in [0.1, 0.15) is 58.5 Å². The van der Waals surface area contributed by atoms with Crippen LogP contribution in [0.2, 0.25) is 0 Å². The van der Waals surface area contributed by atoms with Gasteiger partial charge in [0.1, 0.15) is 28.7 Å². The molecule has 1 saturated heterocycles. The van der Waals surface area contributed by atoms with Crippen LogP contribution in [-0.4, -0.2) is 62.7 Å². The number of fused-ring (bicyclic) bond motifs is 3. The molecule has 196 valence electrons. The van der Waals surface area contributed by atoms with E-state index in [0.29, 0.717) is 35.5 Å². The summed E-state index contributed by atoms with van der Waals surface area (Å²) in [6.45, 7) is 7.97. The Hall–Kier alpha value is -3.44. The maximum Gasteiger partial charge on any atom is 0.410 e. The van der Waals surface area contributed by atoms with Crippen molar-refractivity contribution in [3.63, 3.8) is 0 Å². The molecule has 0 bridgehead atoms. The lowest BCUT2D eigenvalue weighted by Gasteiger charge is -2.35. The zero-order valence-electron chi connectivity index (χ0n) is 21.3. The van der Waals surface area contributed by atoms with E-state index in [1.165, 1.54) is 12.1 Å². The number of carbonyl (C=O) groups is 1. The molecule has 1 aliphatic heterocycles. The maximum absolute atomic E-state index is 13.7. The Labute approximate surface area is 215 Å². The van der Waals surface area contributed by atoms with Gasteiger partial charge >= 0.3 is 6.09 Å². The van der Waals surface area contributed by atoms with E-state index in [1.807, 2.05) is 31.4 Å². The summed E-state index contributed by atoms with van der Waals surface area (Å²) in [5.41, 5.74) is 0.536. The highest BCUT2D eigenvalue weighted by molar-refractivity contribution is 7.91. The Morgan fingerprint density at radius 3 is 2.59 bits per heavy atom. The van der Waals surface area contributed by atoms with E-state index in [9.17, 15) is 18.3 Å². The van der Waals surface area contributed by atoms with Crippen molar-refractivity contribution in [2.45, 2.75) is 68.2 Å². The number of piperidine rings is 1. The fraction of sp³-hybridized carbons (Fsp3) is 0.423. The van der Waals surface area contributed by atoms with E-state index in [2.05, 4.69) is 15.0 Å². The van der Waals surface area contributed by atoms with Gasteiger partial charge in [0.25, 0.3) is 0 Å². The van der Waals surface area contributed by atoms with Gasteiger partial charge in [-0.25, -0.2) is 23.2 Å². The lowest BCUT2D eigenvalue weighted by molar-refractivity contribution is 0.0170. The van der Waals surface area contributed by atoms with Crippen LogP contribution in [0.5, 0.6) is 0 Å². The van der Waals surface area contributed by atoms with Crippen LogP contribution in [0.15, 0.2) is 52.5 Å². The van der Waals surface area contributed by atoms with Gasteiger partial charge < -0.3 is 24.3 Å². The minimum atomic E-state index is -4.01. The minimum absolute atomic E-state index is 0.108. The molecular formula is C26H31N5O5S. The first-order valence-corrected chi connectivity index (χ1v) is 13.8. The van der Waals surface area contributed by atoms with Crippen molar-refractivity contribution in [1.82, 2.24) is 24.4 Å². The number of nitrogens with one attached hydrogen (secondary N) is 1. The molecule has 0 spiro atoms. The third-order valence-electron chi connectivity index (χ3n) is 6.43. The number of rotatable bonds is 4. The van der Waals surface area contributed by atoms with E-state index in [-0.39, 0.29) is 21.5 Å². The highest BCUT2D eigenvalue weighted by Gasteiger charge is 2.34. The molecule has 4 heterocycles. The molecule has 3 aromatic heterocycles. The van der Waals surface area contributed by atoms with Gasteiger partial charge in [-0.2, -0.15) is 0 Å². The Morgan fingerprint density at radius 2 is 1.92 bits per heavy atom. The quantitative estimate of drug-likeness (QED) is 0.404. The molecule has 5 rings (SSSR count). The normalized spacial score (nSPS) is 17.9. The molecule has 1 aliphatic rings. The van der Waals surface area contributed by atoms with E-state index in [0.717, 1.165) is 12.8 Å². The largest absolute Gasteiger partial charge is 0.444 e. The molecule has 2 N–H and O–H groups in total. The number of H-pyrrole nitrogens is 1. The van der Waals surface area contributed by atoms with Gasteiger partial charge in [-0.15, -0.1) is 0 Å². The van der Waals surface area contributed by atoms with Gasteiger partial charge in [0, 0.05) is 24.7 Å². The van der Waals surface area contributed by atoms with Gasteiger partial charge in [0.2, 0.25) is 9.84 Å². The number of nitrogens with zero attached hydrogens (tertiary/aromatic N) is 4. The monoisotopic (exact) mass is 525 g/mol. The van der Waals surface area contributed by atoms with Gasteiger partial charge in [-0.3, -0.25) is 0 Å². The van der Waals surface area contributed by atoms with E-state index < -0.39 is 27.6 Å². The van der Waals surface area contributed by atoms with Crippen molar-refractivity contribution < 1.29 is 23.1 Å². The molecule has 0 radical (unpaired) electrons. The van der Waals surface area contributed by atoms with Crippen LogP contribution in [0.4, 0.5) is 4.79 Å². The Morgan fingerprint density at radius 1 is 1.19 bits per heavy atom. The predicted octanol–water partition coefficient (Wildman–Crippen LogP) is 4.37. The van der Waals surface area contributed by atoms with Crippen molar-refractivity contribution in [3.05, 3.63) is 48.4 Å². The average molecular weight is 526 g/mol. The summed E-state index contributed by atoms with van der Waals surface area (Å²) in [5, 5.41) is 11.2. The third-order valence-corrected chi connectivity index (χ3v) is 8.12. The topological polar surface area (TPSA) is 130 Å². The number of aliphatic hydroxyl groups is 1. The number of hydrogen-bond donors (Lipinski definition) is 2. The minimum Gasteiger partial charge on any atom is -0.444 e. The molecule has 0 aliphatic carbocycles. The Balaban J connectivity index is 1.70. The highest BCUT2D eigenvalue weighted by Crippen LogP contribution is 2.37. The smallest absolute Gasteiger partial charge is 0.410 e. The predicted molar refractivity (Wildman–Crippen MR) is 138 cm³/mol. The summed E-state index contributed by atoms with van der Waals surface area (Å²) in [6.07, 6.45) is 1.76. The van der Waals surface area contributed by atoms with E-state index in [1.54, 1.807) is 36.2 Å². The number of sulfone groups is 1. The molecule has 1 amide bonds. The number of pyridine rings is 1. The number of benzene rings is 1. The fourth-order valence-corrected chi connectivity index (χ4v) is 6.22. The molecule has 1 fully saturated rings. The SMILES string of the molecule is C[C@@H](O)c1nc2c(S(=O)(=O)c3ccccc3)nc3[nH]ccc3c2n1C1CCCN(C(=O)OC(C)(C)C)C1. The molecule has 1 unspecified atom stereocenters. The van der Waals surface area contributed by atoms with Crippen molar-refractivity contribution in [3.8, 4) is 0 Å². The van der Waals surface area contributed by atoms with Crippen LogP contribution in [0.3, 0.4) is 0 Å². The number of hydrogen-bond acceptors (Lipinski definition) is 7. The molecule has 0 saturated carbocycles. The zero-order valence-corrected chi connectivity index (χ0v) is 22.1. The summed E-state index contributed by atoms with van der Waals surface area (Å²) < 4.78 is 34.9. The number of ether oxygens (including phenoxy) is 1. The van der Waals surface area contributed by atoms with Crippen LogP contribution in [0, 0.1) is 0 Å². The first-order chi connectivity index (χ1) is 17.5. The lowest BCUT2D eigenvalue weighted by Crippen LogP contribution is -2.43. The summed E-state index contributed by atoms with van der Waals surface area (Å²) in [6, 6.07) is 9.68. The number of aromatic amines is 1. The van der Waals surface area contributed by atoms with Crippen molar-refractivity contribution in [1.29, 1.82) is 0 Å². The number of aliphatic hydroxyl groups excluding tert-OH is 1. The Bertz CT molecular complexity index is 1570. The average Bonchev–Trinajstić information content (AvgIpc) is 3.47. The standard InChI is InChI=1S/C26H31N5O5S/c1-16(32)23-28-20-21(31(23)17-9-8-14-30(15-17)25(33)36-26(2,3)4)19-12-13-27-22(19)29-24(20)37(34,35)18-10-6-5-7-11-18/h5-7,10-13,16-17,32H,8-9,14-15H2,1-4H3,(H,27,29)/t16-,17?/m1/s1. The van der Waals surface area contributed by atoms with Crippen molar-refractivity contribution in [2.24, 2.45) is 0 Å². The molecule has 11 heteroatoms. The second-order valence-corrected chi connectivity index (χ2v) is 12.3. The van der Waals surface area contributed by atoms with Crippen molar-refractivity contribution >= 4 is 38.0 Å². The first kappa shape index (κ1) is 25.2. The van der Waals surface area contributed by atoms with Crippen LogP contribution < -0.4 is 0 Å². The zero-order chi connectivity index (χ0) is 26.5. The van der Waals surface area contributed by atoms with Crippen LogP contribution in [-0.2, 0) is 14.6 Å². The summed E-state index contributed by atoms with van der Waals surface area (Å²) in [7, 11) is -4.01.